The molecule has 0 saturated carbocycles. The summed E-state index contributed by atoms with van der Waals surface area (Å²) in [7, 11) is -3.64. The summed E-state index contributed by atoms with van der Waals surface area (Å²) >= 11 is 0.723. The first-order chi connectivity index (χ1) is 15.1. The minimum absolute atomic E-state index is 0.0721. The van der Waals surface area contributed by atoms with E-state index in [1.165, 1.54) is 0 Å². The van der Waals surface area contributed by atoms with Crippen molar-refractivity contribution in [1.82, 2.24) is 0 Å². The van der Waals surface area contributed by atoms with E-state index in [1.807, 2.05) is 0 Å². The SMILES string of the molecule is O=C(O)COCC(=O)N=C1S[C@@H]2CS(=O)(=O)C[C@@H]2N1c1cc(C(F)(F)F)cc(C(F)(F)F)c1. The number of ether oxygens (including phenoxy) is 1. The molecule has 2 fully saturated rings. The largest absolute Gasteiger partial charge is 0.480 e. The molecule has 8 nitrogen and oxygen atoms in total. The summed E-state index contributed by atoms with van der Waals surface area (Å²) in [6, 6.07) is -0.290. The third kappa shape index (κ3) is 5.97. The van der Waals surface area contributed by atoms with Gasteiger partial charge in [0.05, 0.1) is 28.7 Å². The zero-order chi connectivity index (χ0) is 24.8. The molecule has 3 rings (SSSR count). The molecule has 0 spiro atoms. The zero-order valence-electron chi connectivity index (χ0n) is 16.2. The molecule has 1 aromatic rings. The number of sulfone groups is 1. The van der Waals surface area contributed by atoms with Gasteiger partial charge in [0.2, 0.25) is 0 Å². The van der Waals surface area contributed by atoms with E-state index in [0.29, 0.717) is 12.1 Å². The second-order valence-corrected chi connectivity index (χ2v) is 10.5. The molecular formula is C17H14F6N2O6S2. The van der Waals surface area contributed by atoms with Crippen LogP contribution in [-0.2, 0) is 36.5 Å². The zero-order valence-corrected chi connectivity index (χ0v) is 17.8. The number of aliphatic carboxylic acids is 1. The standard InChI is InChI=1S/C17H14F6N2O6S2/c18-16(19,20)8-1-9(17(21,22)23)3-10(2-8)25-11-6-33(29,30)7-12(11)32-15(25)24-13(26)4-31-5-14(27)28/h1-3,11-12H,4-7H2,(H,27,28)/t11-,12+/m0/s1. The van der Waals surface area contributed by atoms with Gasteiger partial charge in [-0.25, -0.2) is 13.2 Å². The van der Waals surface area contributed by atoms with Gasteiger partial charge >= 0.3 is 18.3 Å². The van der Waals surface area contributed by atoms with Crippen LogP contribution in [0.4, 0.5) is 32.0 Å². The Balaban J connectivity index is 2.06. The fourth-order valence-electron chi connectivity index (χ4n) is 3.31. The molecule has 2 aliphatic rings. The molecule has 0 bridgehead atoms. The topological polar surface area (TPSA) is 113 Å². The number of aliphatic imine (C=N–C) groups is 1. The van der Waals surface area contributed by atoms with Crippen molar-refractivity contribution in [2.45, 2.75) is 23.6 Å². The number of carboxylic acid groups (broad SMARTS) is 1. The van der Waals surface area contributed by atoms with Gasteiger partial charge in [0.1, 0.15) is 13.2 Å². The first-order valence-corrected chi connectivity index (χ1v) is 11.6. The fraction of sp³-hybridized carbons (Fsp3) is 0.471. The van der Waals surface area contributed by atoms with Crippen molar-refractivity contribution in [3.05, 3.63) is 29.3 Å². The van der Waals surface area contributed by atoms with E-state index in [9.17, 15) is 44.3 Å². The molecule has 2 heterocycles. The van der Waals surface area contributed by atoms with Gasteiger partial charge in [0.25, 0.3) is 5.91 Å². The monoisotopic (exact) mass is 520 g/mol. The molecule has 0 aromatic heterocycles. The van der Waals surface area contributed by atoms with Crippen LogP contribution in [0.1, 0.15) is 11.1 Å². The first-order valence-electron chi connectivity index (χ1n) is 8.94. The van der Waals surface area contributed by atoms with Crippen molar-refractivity contribution in [2.75, 3.05) is 29.6 Å². The second-order valence-electron chi connectivity index (χ2n) is 7.11. The third-order valence-corrected chi connectivity index (χ3v) is 7.80. The molecule has 16 heteroatoms. The van der Waals surface area contributed by atoms with Crippen LogP contribution in [0.15, 0.2) is 23.2 Å². The summed E-state index contributed by atoms with van der Waals surface area (Å²) < 4.78 is 108. The molecule has 0 aliphatic carbocycles. The molecule has 0 radical (unpaired) electrons. The number of amidine groups is 1. The Morgan fingerprint density at radius 1 is 1.06 bits per heavy atom. The number of rotatable bonds is 5. The Morgan fingerprint density at radius 2 is 1.64 bits per heavy atom. The Bertz CT molecular complexity index is 1070. The van der Waals surface area contributed by atoms with Crippen LogP contribution in [0.2, 0.25) is 0 Å². The molecule has 0 unspecified atom stereocenters. The summed E-state index contributed by atoms with van der Waals surface area (Å²) in [5, 5.41) is 7.42. The predicted molar refractivity (Wildman–Crippen MR) is 104 cm³/mol. The summed E-state index contributed by atoms with van der Waals surface area (Å²) in [4.78, 5) is 27.0. The predicted octanol–water partition coefficient (Wildman–Crippen LogP) is 2.43. The van der Waals surface area contributed by atoms with Crippen LogP contribution in [0.5, 0.6) is 0 Å². The van der Waals surface area contributed by atoms with Crippen LogP contribution in [-0.4, -0.2) is 66.6 Å². The number of carbonyl (C=O) groups is 2. The van der Waals surface area contributed by atoms with Crippen molar-refractivity contribution in [3.63, 3.8) is 0 Å². The second kappa shape index (κ2) is 8.79. The summed E-state index contributed by atoms with van der Waals surface area (Å²) in [6.45, 7) is -1.65. The van der Waals surface area contributed by atoms with Crippen LogP contribution < -0.4 is 4.90 Å². The number of amides is 1. The number of benzene rings is 1. The highest BCUT2D eigenvalue weighted by molar-refractivity contribution is 8.16. The highest BCUT2D eigenvalue weighted by atomic mass is 32.2. The number of hydrogen-bond acceptors (Lipinski definition) is 6. The molecule has 1 amide bonds. The van der Waals surface area contributed by atoms with E-state index in [-0.39, 0.29) is 11.2 Å². The molecule has 1 N–H and O–H groups in total. The minimum atomic E-state index is -5.14. The van der Waals surface area contributed by atoms with Crippen LogP contribution in [0, 0.1) is 0 Å². The van der Waals surface area contributed by atoms with E-state index in [2.05, 4.69) is 9.73 Å². The van der Waals surface area contributed by atoms with Crippen molar-refractivity contribution in [1.29, 1.82) is 0 Å². The maximum Gasteiger partial charge on any atom is 0.416 e. The lowest BCUT2D eigenvalue weighted by molar-refractivity contribution is -0.144. The minimum Gasteiger partial charge on any atom is -0.480 e. The van der Waals surface area contributed by atoms with Gasteiger partial charge in [-0.05, 0) is 18.2 Å². The molecule has 33 heavy (non-hydrogen) atoms. The van der Waals surface area contributed by atoms with Gasteiger partial charge in [0.15, 0.2) is 15.0 Å². The maximum absolute atomic E-state index is 13.3. The maximum atomic E-state index is 13.3. The van der Waals surface area contributed by atoms with E-state index in [1.54, 1.807) is 0 Å². The third-order valence-electron chi connectivity index (χ3n) is 4.59. The lowest BCUT2D eigenvalue weighted by atomic mass is 10.1. The Hall–Kier alpha value is -2.33. The normalized spacial score (nSPS) is 23.7. The highest BCUT2D eigenvalue weighted by Gasteiger charge is 2.50. The van der Waals surface area contributed by atoms with Crippen molar-refractivity contribution in [3.8, 4) is 0 Å². The van der Waals surface area contributed by atoms with Gasteiger partial charge in [0, 0.05) is 10.9 Å². The van der Waals surface area contributed by atoms with Crippen LogP contribution in [0.25, 0.3) is 0 Å². The van der Waals surface area contributed by atoms with Crippen molar-refractivity contribution in [2.24, 2.45) is 4.99 Å². The summed E-state index contributed by atoms with van der Waals surface area (Å²) in [6.07, 6.45) is -10.3. The number of fused-ring (bicyclic) bond motifs is 1. The number of alkyl halides is 6. The lowest BCUT2D eigenvalue weighted by Gasteiger charge is -2.26. The average molecular weight is 520 g/mol. The quantitative estimate of drug-likeness (QED) is 0.590. The molecule has 2 saturated heterocycles. The van der Waals surface area contributed by atoms with E-state index in [0.717, 1.165) is 16.7 Å². The number of halogens is 6. The Morgan fingerprint density at radius 3 is 2.15 bits per heavy atom. The molecular weight excluding hydrogens is 506 g/mol. The first kappa shape index (κ1) is 25.3. The van der Waals surface area contributed by atoms with Crippen molar-refractivity contribution >= 4 is 44.3 Å². The van der Waals surface area contributed by atoms with Crippen LogP contribution in [0.3, 0.4) is 0 Å². The molecule has 1 aromatic carbocycles. The highest BCUT2D eigenvalue weighted by Crippen LogP contribution is 2.44. The molecule has 182 valence electrons. The summed E-state index contributed by atoms with van der Waals surface area (Å²) in [5.74, 6) is -3.40. The van der Waals surface area contributed by atoms with E-state index < -0.39 is 86.9 Å². The van der Waals surface area contributed by atoms with Gasteiger partial charge in [-0.2, -0.15) is 31.3 Å². The number of anilines is 1. The van der Waals surface area contributed by atoms with Gasteiger partial charge in [-0.15, -0.1) is 0 Å². The number of carboxylic acids is 1. The Kier molecular flexibility index (Phi) is 6.74. The van der Waals surface area contributed by atoms with Gasteiger partial charge < -0.3 is 14.7 Å². The van der Waals surface area contributed by atoms with Crippen LogP contribution >= 0.6 is 11.8 Å². The number of carbonyl (C=O) groups excluding carboxylic acids is 1. The van der Waals surface area contributed by atoms with Gasteiger partial charge in [-0.1, -0.05) is 11.8 Å². The number of nitrogens with zero attached hydrogens (tertiary/aromatic N) is 2. The van der Waals surface area contributed by atoms with Gasteiger partial charge in [-0.3, -0.25) is 4.79 Å². The van der Waals surface area contributed by atoms with E-state index in [4.69, 9.17) is 5.11 Å². The lowest BCUT2D eigenvalue weighted by Crippen LogP contribution is -2.38. The smallest absolute Gasteiger partial charge is 0.416 e. The van der Waals surface area contributed by atoms with Crippen molar-refractivity contribution < 1.29 is 54.2 Å². The molecule has 2 aliphatic heterocycles. The average Bonchev–Trinajstić information content (AvgIpc) is 3.10. The Labute approximate surface area is 186 Å². The number of thioether (sulfide) groups is 1. The fourth-order valence-corrected chi connectivity index (χ4v) is 7.24. The summed E-state index contributed by atoms with van der Waals surface area (Å²) in [5.41, 5.74) is -3.86. The van der Waals surface area contributed by atoms with E-state index >= 15 is 0 Å². The number of hydrogen-bond donors (Lipinski definition) is 1. The molecule has 2 atom stereocenters.